The predicted molar refractivity (Wildman–Crippen MR) is 71.4 cm³/mol. The van der Waals surface area contributed by atoms with E-state index in [0.29, 0.717) is 18.9 Å². The van der Waals surface area contributed by atoms with Gasteiger partial charge in [-0.2, -0.15) is 13.2 Å². The summed E-state index contributed by atoms with van der Waals surface area (Å²) in [5.74, 6) is 1.28. The first kappa shape index (κ1) is 15.6. The first-order valence-corrected chi connectivity index (χ1v) is 6.64. The van der Waals surface area contributed by atoms with Gasteiger partial charge in [-0.3, -0.25) is 4.90 Å². The Balaban J connectivity index is 2.00. The third-order valence-corrected chi connectivity index (χ3v) is 3.12. The Morgan fingerprint density at radius 2 is 1.57 bits per heavy atom. The smallest absolute Gasteiger partial charge is 0.334 e. The van der Waals surface area contributed by atoms with Gasteiger partial charge in [-0.1, -0.05) is 0 Å². The summed E-state index contributed by atoms with van der Waals surface area (Å²) in [4.78, 5) is 10.2. The fraction of sp³-hybridized carbons (Fsp3) is 0.538. The zero-order chi connectivity index (χ0) is 15.5. The number of alkyl halides is 3. The maximum Gasteiger partial charge on any atom is 0.406 e. The van der Waals surface area contributed by atoms with Gasteiger partial charge in [0.25, 0.3) is 0 Å². The molecule has 2 aromatic rings. The van der Waals surface area contributed by atoms with E-state index in [9.17, 15) is 13.2 Å². The number of imidazole rings is 2. The number of nitrogens with zero attached hydrogens (tertiary/aromatic N) is 5. The summed E-state index contributed by atoms with van der Waals surface area (Å²) >= 11 is 0. The molecule has 0 fully saturated rings. The zero-order valence-electron chi connectivity index (χ0n) is 12.0. The minimum Gasteiger partial charge on any atom is -0.334 e. The molecule has 8 heteroatoms. The second-order valence-corrected chi connectivity index (χ2v) is 4.89. The highest BCUT2D eigenvalue weighted by Gasteiger charge is 2.28. The quantitative estimate of drug-likeness (QED) is 0.822. The van der Waals surface area contributed by atoms with E-state index < -0.39 is 12.7 Å². The van der Waals surface area contributed by atoms with Crippen molar-refractivity contribution < 1.29 is 13.2 Å². The van der Waals surface area contributed by atoms with Crippen LogP contribution in [0.1, 0.15) is 18.6 Å². The molecule has 5 nitrogen and oxygen atoms in total. The van der Waals surface area contributed by atoms with E-state index in [4.69, 9.17) is 0 Å². The fourth-order valence-electron chi connectivity index (χ4n) is 2.15. The van der Waals surface area contributed by atoms with Crippen LogP contribution >= 0.6 is 0 Å². The van der Waals surface area contributed by atoms with Gasteiger partial charge >= 0.3 is 6.18 Å². The molecule has 0 aliphatic rings. The fourth-order valence-corrected chi connectivity index (χ4v) is 2.15. The van der Waals surface area contributed by atoms with Crippen molar-refractivity contribution >= 4 is 0 Å². The zero-order valence-corrected chi connectivity index (χ0v) is 12.0. The summed E-state index contributed by atoms with van der Waals surface area (Å²) in [5.41, 5.74) is 0. The van der Waals surface area contributed by atoms with Crippen LogP contribution in [-0.4, -0.2) is 37.2 Å². The van der Waals surface area contributed by atoms with Crippen LogP contribution < -0.4 is 0 Å². The third kappa shape index (κ3) is 4.32. The maximum absolute atomic E-state index is 12.5. The Bertz CT molecular complexity index is 572. The molecule has 0 aliphatic heterocycles. The molecular formula is C13H18F3N5. The van der Waals surface area contributed by atoms with Crippen LogP contribution in [0.25, 0.3) is 0 Å². The molecule has 0 saturated heterocycles. The third-order valence-electron chi connectivity index (χ3n) is 3.12. The molecular weight excluding hydrogens is 283 g/mol. The molecule has 0 amide bonds. The lowest BCUT2D eigenvalue weighted by Crippen LogP contribution is -2.24. The van der Waals surface area contributed by atoms with Crippen molar-refractivity contribution in [3.63, 3.8) is 0 Å². The van der Waals surface area contributed by atoms with E-state index in [0.717, 1.165) is 16.9 Å². The largest absolute Gasteiger partial charge is 0.406 e. The van der Waals surface area contributed by atoms with Gasteiger partial charge in [-0.15, -0.1) is 0 Å². The molecule has 0 aromatic carbocycles. The van der Waals surface area contributed by atoms with Gasteiger partial charge in [0.15, 0.2) is 0 Å². The number of hydrogen-bond acceptors (Lipinski definition) is 3. The Morgan fingerprint density at radius 3 is 2.10 bits per heavy atom. The van der Waals surface area contributed by atoms with Crippen LogP contribution in [0, 0.1) is 0 Å². The average Bonchev–Trinajstić information content (AvgIpc) is 2.97. The highest BCUT2D eigenvalue weighted by molar-refractivity contribution is 4.95. The Labute approximate surface area is 121 Å². The van der Waals surface area contributed by atoms with Crippen molar-refractivity contribution in [2.75, 3.05) is 7.05 Å². The highest BCUT2D eigenvalue weighted by Crippen LogP contribution is 2.18. The molecule has 0 N–H and O–H groups in total. The lowest BCUT2D eigenvalue weighted by atomic mass is 10.4. The van der Waals surface area contributed by atoms with E-state index in [1.54, 1.807) is 6.20 Å². The molecule has 0 atom stereocenters. The van der Waals surface area contributed by atoms with E-state index in [-0.39, 0.29) is 0 Å². The number of rotatable bonds is 6. The molecule has 0 saturated carbocycles. The lowest BCUT2D eigenvalue weighted by Gasteiger charge is -2.18. The Hall–Kier alpha value is -1.83. The second kappa shape index (κ2) is 6.30. The van der Waals surface area contributed by atoms with Crippen molar-refractivity contribution in [1.29, 1.82) is 0 Å². The first-order chi connectivity index (χ1) is 9.89. The molecule has 116 valence electrons. The summed E-state index contributed by atoms with van der Waals surface area (Å²) < 4.78 is 40.5. The van der Waals surface area contributed by atoms with Crippen LogP contribution in [-0.2, 0) is 26.2 Å². The highest BCUT2D eigenvalue weighted by atomic mass is 19.4. The minimum atomic E-state index is -4.24. The Morgan fingerprint density at radius 1 is 1.05 bits per heavy atom. The van der Waals surface area contributed by atoms with E-state index >= 15 is 0 Å². The summed E-state index contributed by atoms with van der Waals surface area (Å²) in [6.07, 6.45) is 2.10. The van der Waals surface area contributed by atoms with Gasteiger partial charge in [0.05, 0.1) is 13.1 Å². The summed E-state index contributed by atoms with van der Waals surface area (Å²) in [6, 6.07) is 0. The van der Waals surface area contributed by atoms with Crippen LogP contribution in [0.2, 0.25) is 0 Å². The predicted octanol–water partition coefficient (Wildman–Crippen LogP) is 2.29. The molecule has 2 aromatic heterocycles. The van der Waals surface area contributed by atoms with E-state index in [1.807, 2.05) is 29.6 Å². The standard InChI is InChI=1S/C13H18F3N5/c1-3-20-6-4-17-11(20)8-19(2)9-12-18-5-7-21(12)10-13(14,15)16/h4-7H,3,8-10H2,1-2H3. The van der Waals surface area contributed by atoms with Crippen LogP contribution in [0.3, 0.4) is 0 Å². The van der Waals surface area contributed by atoms with Crippen LogP contribution in [0.5, 0.6) is 0 Å². The van der Waals surface area contributed by atoms with Crippen LogP contribution in [0.4, 0.5) is 13.2 Å². The normalized spacial score (nSPS) is 12.3. The molecule has 0 unspecified atom stereocenters. The monoisotopic (exact) mass is 301 g/mol. The molecule has 2 rings (SSSR count). The van der Waals surface area contributed by atoms with Gasteiger partial charge in [0, 0.05) is 31.3 Å². The Kier molecular flexibility index (Phi) is 4.66. The van der Waals surface area contributed by atoms with Crippen molar-refractivity contribution in [3.05, 3.63) is 36.4 Å². The number of halogens is 3. The van der Waals surface area contributed by atoms with E-state index in [1.165, 1.54) is 12.4 Å². The molecule has 21 heavy (non-hydrogen) atoms. The first-order valence-electron chi connectivity index (χ1n) is 6.64. The van der Waals surface area contributed by atoms with Crippen molar-refractivity contribution in [1.82, 2.24) is 24.0 Å². The average molecular weight is 301 g/mol. The van der Waals surface area contributed by atoms with Gasteiger partial charge in [-0.05, 0) is 14.0 Å². The second-order valence-electron chi connectivity index (χ2n) is 4.89. The van der Waals surface area contributed by atoms with Gasteiger partial charge in [-0.25, -0.2) is 9.97 Å². The van der Waals surface area contributed by atoms with Crippen molar-refractivity contribution in [3.8, 4) is 0 Å². The van der Waals surface area contributed by atoms with E-state index in [2.05, 4.69) is 9.97 Å². The number of hydrogen-bond donors (Lipinski definition) is 0. The minimum absolute atomic E-state index is 0.333. The maximum atomic E-state index is 12.5. The van der Waals surface area contributed by atoms with Crippen LogP contribution in [0.15, 0.2) is 24.8 Å². The van der Waals surface area contributed by atoms with Crippen molar-refractivity contribution in [2.45, 2.75) is 39.3 Å². The number of aromatic nitrogens is 4. The molecule has 0 bridgehead atoms. The SMILES string of the molecule is CCn1ccnc1CN(C)Cc1nccn1CC(F)(F)F. The van der Waals surface area contributed by atoms with Crippen molar-refractivity contribution in [2.24, 2.45) is 0 Å². The summed E-state index contributed by atoms with van der Waals surface area (Å²) in [7, 11) is 1.83. The van der Waals surface area contributed by atoms with Gasteiger partial charge < -0.3 is 9.13 Å². The number of aryl methyl sites for hydroxylation is 1. The van der Waals surface area contributed by atoms with Gasteiger partial charge in [0.1, 0.15) is 18.2 Å². The van der Waals surface area contributed by atoms with Gasteiger partial charge in [0.2, 0.25) is 0 Å². The summed E-state index contributed by atoms with van der Waals surface area (Å²) in [6.45, 7) is 2.70. The topological polar surface area (TPSA) is 38.9 Å². The molecule has 2 heterocycles. The molecule has 0 aliphatic carbocycles. The molecule has 0 spiro atoms. The lowest BCUT2D eigenvalue weighted by molar-refractivity contribution is -0.141. The molecule has 0 radical (unpaired) electrons. The summed E-state index contributed by atoms with van der Waals surface area (Å²) in [5, 5.41) is 0.